The molecule has 3 heterocycles. The van der Waals surface area contributed by atoms with Gasteiger partial charge in [-0.25, -0.2) is 4.98 Å². The van der Waals surface area contributed by atoms with Crippen molar-refractivity contribution in [1.82, 2.24) is 19.6 Å². The van der Waals surface area contributed by atoms with E-state index in [1.165, 1.54) is 17.6 Å². The summed E-state index contributed by atoms with van der Waals surface area (Å²) >= 11 is 0. The fraction of sp³-hybridized carbons (Fsp3) is 0.500. The second kappa shape index (κ2) is 5.08. The summed E-state index contributed by atoms with van der Waals surface area (Å²) in [4.78, 5) is 7.21. The molecule has 1 aliphatic heterocycles. The molecule has 0 atom stereocenters. The van der Waals surface area contributed by atoms with Gasteiger partial charge in [-0.05, 0) is 38.6 Å². The van der Waals surface area contributed by atoms with E-state index in [-0.39, 0.29) is 0 Å². The molecule has 0 amide bonds. The van der Waals surface area contributed by atoms with Gasteiger partial charge in [-0.15, -0.1) is 0 Å². The minimum Gasteiger partial charge on any atom is -0.315 e. The van der Waals surface area contributed by atoms with Crippen molar-refractivity contribution in [2.24, 2.45) is 0 Å². The van der Waals surface area contributed by atoms with Gasteiger partial charge in [-0.3, -0.25) is 4.90 Å². The van der Waals surface area contributed by atoms with E-state index in [0.29, 0.717) is 0 Å². The van der Waals surface area contributed by atoms with Gasteiger partial charge in [-0.1, -0.05) is 6.07 Å². The Morgan fingerprint density at radius 1 is 1.28 bits per heavy atom. The van der Waals surface area contributed by atoms with Crippen LogP contribution in [0.5, 0.6) is 0 Å². The highest BCUT2D eigenvalue weighted by molar-refractivity contribution is 5.53. The standard InChI is InChI=1S/C14H20N4/c1-12-16-13(14-5-2-3-9-18(12)14)11-17-8-4-6-15-7-10-17/h2-3,5,9,15H,4,6-8,10-11H2,1H3. The van der Waals surface area contributed by atoms with E-state index < -0.39 is 0 Å². The zero-order valence-corrected chi connectivity index (χ0v) is 10.9. The van der Waals surface area contributed by atoms with Crippen molar-refractivity contribution in [1.29, 1.82) is 0 Å². The van der Waals surface area contributed by atoms with Gasteiger partial charge in [0.2, 0.25) is 0 Å². The third-order valence-electron chi connectivity index (χ3n) is 3.61. The molecular formula is C14H20N4. The molecule has 1 saturated heterocycles. The molecule has 2 aromatic heterocycles. The van der Waals surface area contributed by atoms with Crippen molar-refractivity contribution >= 4 is 5.52 Å². The topological polar surface area (TPSA) is 32.6 Å². The van der Waals surface area contributed by atoms with E-state index in [1.807, 2.05) is 0 Å². The van der Waals surface area contributed by atoms with Crippen molar-refractivity contribution in [2.75, 3.05) is 26.2 Å². The summed E-state index contributed by atoms with van der Waals surface area (Å²) in [6, 6.07) is 6.30. The van der Waals surface area contributed by atoms with Crippen molar-refractivity contribution in [3.05, 3.63) is 35.9 Å². The highest BCUT2D eigenvalue weighted by Crippen LogP contribution is 2.15. The monoisotopic (exact) mass is 244 g/mol. The summed E-state index contributed by atoms with van der Waals surface area (Å²) in [7, 11) is 0. The SMILES string of the molecule is Cc1nc(CN2CCCNCC2)c2ccccn12. The predicted octanol–water partition coefficient (Wildman–Crippen LogP) is 1.44. The first-order chi connectivity index (χ1) is 8.84. The predicted molar refractivity (Wildman–Crippen MR) is 72.7 cm³/mol. The molecular weight excluding hydrogens is 224 g/mol. The molecule has 1 N–H and O–H groups in total. The van der Waals surface area contributed by atoms with Crippen LogP contribution in [0.4, 0.5) is 0 Å². The molecule has 96 valence electrons. The summed E-state index contributed by atoms with van der Waals surface area (Å²) in [6.45, 7) is 7.54. The number of nitrogens with one attached hydrogen (secondary N) is 1. The molecule has 0 bridgehead atoms. The Kier molecular flexibility index (Phi) is 3.30. The fourth-order valence-electron chi connectivity index (χ4n) is 2.65. The van der Waals surface area contributed by atoms with Crippen LogP contribution >= 0.6 is 0 Å². The average Bonchev–Trinajstić information content (AvgIpc) is 2.58. The molecule has 4 nitrogen and oxygen atoms in total. The van der Waals surface area contributed by atoms with Gasteiger partial charge >= 0.3 is 0 Å². The zero-order chi connectivity index (χ0) is 12.4. The quantitative estimate of drug-likeness (QED) is 0.867. The number of pyridine rings is 1. The van der Waals surface area contributed by atoms with Crippen LogP contribution in [-0.4, -0.2) is 40.5 Å². The molecule has 3 rings (SSSR count). The maximum atomic E-state index is 4.72. The van der Waals surface area contributed by atoms with Crippen LogP contribution in [0.25, 0.3) is 5.52 Å². The number of fused-ring (bicyclic) bond motifs is 1. The molecule has 2 aromatic rings. The Bertz CT molecular complexity index is 524. The minimum atomic E-state index is 0.961. The third-order valence-corrected chi connectivity index (χ3v) is 3.61. The van der Waals surface area contributed by atoms with Crippen LogP contribution in [0.3, 0.4) is 0 Å². The first kappa shape index (κ1) is 11.7. The summed E-state index contributed by atoms with van der Waals surface area (Å²) in [5, 5.41) is 3.44. The molecule has 0 aromatic carbocycles. The first-order valence-electron chi connectivity index (χ1n) is 6.70. The van der Waals surface area contributed by atoms with E-state index in [1.54, 1.807) is 0 Å². The molecule has 0 saturated carbocycles. The van der Waals surface area contributed by atoms with E-state index in [0.717, 1.165) is 38.5 Å². The molecule has 1 fully saturated rings. The van der Waals surface area contributed by atoms with E-state index in [4.69, 9.17) is 4.98 Å². The second-order valence-corrected chi connectivity index (χ2v) is 4.94. The largest absolute Gasteiger partial charge is 0.315 e. The highest BCUT2D eigenvalue weighted by atomic mass is 15.2. The van der Waals surface area contributed by atoms with Gasteiger partial charge in [0.05, 0.1) is 11.2 Å². The zero-order valence-electron chi connectivity index (χ0n) is 10.9. The molecule has 0 aliphatic carbocycles. The average molecular weight is 244 g/mol. The summed E-state index contributed by atoms with van der Waals surface area (Å²) < 4.78 is 2.17. The van der Waals surface area contributed by atoms with Gasteiger partial charge in [0.15, 0.2) is 0 Å². The Morgan fingerprint density at radius 3 is 3.17 bits per heavy atom. The lowest BCUT2D eigenvalue weighted by Crippen LogP contribution is -2.27. The van der Waals surface area contributed by atoms with Gasteiger partial charge in [-0.2, -0.15) is 0 Å². The van der Waals surface area contributed by atoms with Crippen molar-refractivity contribution < 1.29 is 0 Å². The second-order valence-electron chi connectivity index (χ2n) is 4.94. The molecule has 0 radical (unpaired) electrons. The fourth-order valence-corrected chi connectivity index (χ4v) is 2.65. The Labute approximate surface area is 108 Å². The lowest BCUT2D eigenvalue weighted by atomic mass is 10.3. The maximum Gasteiger partial charge on any atom is 0.110 e. The van der Waals surface area contributed by atoms with E-state index >= 15 is 0 Å². The molecule has 4 heteroatoms. The summed E-state index contributed by atoms with van der Waals surface area (Å²) in [5.74, 6) is 1.08. The number of nitrogens with zero attached hydrogens (tertiary/aromatic N) is 3. The molecule has 1 aliphatic rings. The van der Waals surface area contributed by atoms with Crippen LogP contribution in [0, 0.1) is 6.92 Å². The van der Waals surface area contributed by atoms with Gasteiger partial charge in [0, 0.05) is 25.8 Å². The van der Waals surface area contributed by atoms with Crippen LogP contribution in [0.2, 0.25) is 0 Å². The van der Waals surface area contributed by atoms with Crippen LogP contribution in [0.15, 0.2) is 24.4 Å². The van der Waals surface area contributed by atoms with E-state index in [2.05, 4.69) is 45.9 Å². The van der Waals surface area contributed by atoms with Gasteiger partial charge < -0.3 is 9.72 Å². The van der Waals surface area contributed by atoms with E-state index in [9.17, 15) is 0 Å². The maximum absolute atomic E-state index is 4.72. The molecule has 18 heavy (non-hydrogen) atoms. The van der Waals surface area contributed by atoms with Crippen LogP contribution in [0.1, 0.15) is 17.9 Å². The summed E-state index contributed by atoms with van der Waals surface area (Å²) in [6.07, 6.45) is 3.32. The number of aromatic nitrogens is 2. The van der Waals surface area contributed by atoms with Gasteiger partial charge in [0.1, 0.15) is 5.82 Å². The Morgan fingerprint density at radius 2 is 2.22 bits per heavy atom. The smallest absolute Gasteiger partial charge is 0.110 e. The number of hydrogen-bond donors (Lipinski definition) is 1. The van der Waals surface area contributed by atoms with Crippen molar-refractivity contribution in [3.8, 4) is 0 Å². The van der Waals surface area contributed by atoms with Crippen molar-refractivity contribution in [2.45, 2.75) is 19.9 Å². The first-order valence-corrected chi connectivity index (χ1v) is 6.70. The number of aryl methyl sites for hydroxylation is 1. The lowest BCUT2D eigenvalue weighted by Gasteiger charge is -2.18. The minimum absolute atomic E-state index is 0.961. The van der Waals surface area contributed by atoms with Gasteiger partial charge in [0.25, 0.3) is 0 Å². The Hall–Kier alpha value is -1.39. The number of hydrogen-bond acceptors (Lipinski definition) is 3. The van der Waals surface area contributed by atoms with Crippen LogP contribution in [-0.2, 0) is 6.54 Å². The van der Waals surface area contributed by atoms with Crippen LogP contribution < -0.4 is 5.32 Å². The third kappa shape index (κ3) is 2.26. The highest BCUT2D eigenvalue weighted by Gasteiger charge is 2.13. The normalized spacial score (nSPS) is 18.1. The lowest BCUT2D eigenvalue weighted by molar-refractivity contribution is 0.282. The van der Waals surface area contributed by atoms with Crippen molar-refractivity contribution in [3.63, 3.8) is 0 Å². The number of imidazole rings is 1. The Balaban J connectivity index is 1.85. The molecule has 0 unspecified atom stereocenters. The number of rotatable bonds is 2. The molecule has 0 spiro atoms. The summed E-state index contributed by atoms with van der Waals surface area (Å²) in [5.41, 5.74) is 2.45.